The van der Waals surface area contributed by atoms with Crippen LogP contribution < -0.4 is 10.5 Å². The highest BCUT2D eigenvalue weighted by Gasteiger charge is 2.25. The van der Waals surface area contributed by atoms with E-state index < -0.39 is 0 Å². The number of fused-ring (bicyclic) bond motifs is 1. The molecule has 5 nitrogen and oxygen atoms in total. The maximum atomic E-state index is 5.95. The molecule has 5 heteroatoms. The van der Waals surface area contributed by atoms with Crippen LogP contribution in [0, 0.1) is 0 Å². The van der Waals surface area contributed by atoms with Gasteiger partial charge in [-0.2, -0.15) is 0 Å². The van der Waals surface area contributed by atoms with Crippen LogP contribution >= 0.6 is 0 Å². The van der Waals surface area contributed by atoms with Crippen molar-refractivity contribution in [2.75, 3.05) is 7.11 Å². The maximum absolute atomic E-state index is 5.95. The summed E-state index contributed by atoms with van der Waals surface area (Å²) in [4.78, 5) is 0. The first kappa shape index (κ1) is 10.3. The third-order valence-corrected chi connectivity index (χ3v) is 3.10. The van der Waals surface area contributed by atoms with Gasteiger partial charge in [-0.1, -0.05) is 12.1 Å². The van der Waals surface area contributed by atoms with Crippen LogP contribution in [0.1, 0.15) is 18.3 Å². The Morgan fingerprint density at radius 3 is 3.12 bits per heavy atom. The molecule has 2 N–H and O–H groups in total. The van der Waals surface area contributed by atoms with Gasteiger partial charge in [0.2, 0.25) is 0 Å². The lowest BCUT2D eigenvalue weighted by Crippen LogP contribution is -2.06. The molecule has 0 aliphatic carbocycles. The Bertz CT molecular complexity index is 549. The molecular weight excluding hydrogens is 216 g/mol. The summed E-state index contributed by atoms with van der Waals surface area (Å²) in [7, 11) is 1.66. The molecule has 0 fully saturated rings. The minimum Gasteiger partial charge on any atom is -0.497 e. The fraction of sp³-hybridized carbons (Fsp3) is 0.333. The zero-order chi connectivity index (χ0) is 11.8. The van der Waals surface area contributed by atoms with E-state index in [2.05, 4.69) is 14.8 Å². The highest BCUT2D eigenvalue weighted by molar-refractivity contribution is 5.58. The second kappa shape index (κ2) is 3.85. The van der Waals surface area contributed by atoms with Crippen LogP contribution in [0.4, 0.5) is 0 Å². The van der Waals surface area contributed by atoms with Crippen LogP contribution in [0.5, 0.6) is 5.75 Å². The highest BCUT2D eigenvalue weighted by Crippen LogP contribution is 2.29. The molecule has 3 rings (SSSR count). The molecule has 0 amide bonds. The van der Waals surface area contributed by atoms with E-state index in [1.807, 2.05) is 24.3 Å². The first-order valence-corrected chi connectivity index (χ1v) is 5.62. The molecule has 0 saturated heterocycles. The van der Waals surface area contributed by atoms with Gasteiger partial charge in [0.1, 0.15) is 11.6 Å². The van der Waals surface area contributed by atoms with Crippen molar-refractivity contribution < 1.29 is 4.74 Å². The number of ether oxygens (including phenoxy) is 1. The molecule has 0 spiro atoms. The van der Waals surface area contributed by atoms with Gasteiger partial charge in [0, 0.05) is 12.1 Å². The molecule has 1 aliphatic heterocycles. The van der Waals surface area contributed by atoms with Crippen molar-refractivity contribution in [1.29, 1.82) is 0 Å². The van der Waals surface area contributed by atoms with Gasteiger partial charge in [-0.05, 0) is 18.6 Å². The minimum absolute atomic E-state index is 0.0156. The summed E-state index contributed by atoms with van der Waals surface area (Å²) in [5, 5.41) is 8.37. The molecule has 88 valence electrons. The molecule has 2 heterocycles. The molecule has 0 bridgehead atoms. The molecule has 1 aromatic heterocycles. The zero-order valence-electron chi connectivity index (χ0n) is 9.63. The van der Waals surface area contributed by atoms with E-state index >= 15 is 0 Å². The molecule has 2 aromatic rings. The molecule has 1 atom stereocenters. The molecule has 0 saturated carbocycles. The lowest BCUT2D eigenvalue weighted by molar-refractivity contribution is 0.415. The summed E-state index contributed by atoms with van der Waals surface area (Å²) >= 11 is 0. The lowest BCUT2D eigenvalue weighted by atomic mass is 10.2. The fourth-order valence-corrected chi connectivity index (χ4v) is 2.18. The van der Waals surface area contributed by atoms with Crippen molar-refractivity contribution in [3.8, 4) is 17.1 Å². The van der Waals surface area contributed by atoms with Gasteiger partial charge in [-0.25, -0.2) is 0 Å². The standard InChI is InChI=1S/C12H14N4O/c1-17-9-4-2-3-8(7-9)11-14-15-12-10(13)5-6-16(11)12/h2-4,7,10H,5-6,13H2,1H3. The normalized spacial score (nSPS) is 18.1. The summed E-state index contributed by atoms with van der Waals surface area (Å²) in [5.41, 5.74) is 6.96. The summed E-state index contributed by atoms with van der Waals surface area (Å²) in [6.07, 6.45) is 0.932. The third-order valence-electron chi connectivity index (χ3n) is 3.10. The van der Waals surface area contributed by atoms with E-state index in [0.717, 1.165) is 35.9 Å². The van der Waals surface area contributed by atoms with E-state index in [1.54, 1.807) is 7.11 Å². The van der Waals surface area contributed by atoms with Crippen molar-refractivity contribution in [3.05, 3.63) is 30.1 Å². The number of hydrogen-bond acceptors (Lipinski definition) is 4. The fourth-order valence-electron chi connectivity index (χ4n) is 2.18. The number of rotatable bonds is 2. The predicted molar refractivity (Wildman–Crippen MR) is 63.6 cm³/mol. The molecule has 0 radical (unpaired) electrons. The van der Waals surface area contributed by atoms with Crippen LogP contribution in [0.15, 0.2) is 24.3 Å². The molecule has 1 aliphatic rings. The number of nitrogens with two attached hydrogens (primary N) is 1. The van der Waals surface area contributed by atoms with E-state index in [1.165, 1.54) is 0 Å². The zero-order valence-corrected chi connectivity index (χ0v) is 9.63. The average molecular weight is 230 g/mol. The Kier molecular flexibility index (Phi) is 2.33. The summed E-state index contributed by atoms with van der Waals surface area (Å²) in [5.74, 6) is 2.57. The third kappa shape index (κ3) is 1.59. The Labute approximate surface area is 99.2 Å². The number of benzene rings is 1. The Morgan fingerprint density at radius 1 is 1.41 bits per heavy atom. The quantitative estimate of drug-likeness (QED) is 0.845. The smallest absolute Gasteiger partial charge is 0.164 e. The lowest BCUT2D eigenvalue weighted by Gasteiger charge is -2.04. The van der Waals surface area contributed by atoms with Crippen molar-refractivity contribution in [3.63, 3.8) is 0 Å². The van der Waals surface area contributed by atoms with Crippen LogP contribution in [0.2, 0.25) is 0 Å². The number of hydrogen-bond donors (Lipinski definition) is 1. The molecule has 1 unspecified atom stereocenters. The predicted octanol–water partition coefficient (Wildman–Crippen LogP) is 1.36. The number of methoxy groups -OCH3 is 1. The topological polar surface area (TPSA) is 66.0 Å². The van der Waals surface area contributed by atoms with Gasteiger partial charge >= 0.3 is 0 Å². The SMILES string of the molecule is COc1cccc(-c2nnc3n2CCC3N)c1. The minimum atomic E-state index is 0.0156. The van der Waals surface area contributed by atoms with E-state index in [-0.39, 0.29) is 6.04 Å². The van der Waals surface area contributed by atoms with Crippen molar-refractivity contribution in [1.82, 2.24) is 14.8 Å². The number of aromatic nitrogens is 3. The highest BCUT2D eigenvalue weighted by atomic mass is 16.5. The van der Waals surface area contributed by atoms with Gasteiger partial charge in [0.05, 0.1) is 13.2 Å². The van der Waals surface area contributed by atoms with Crippen LogP contribution in [0.3, 0.4) is 0 Å². The van der Waals surface area contributed by atoms with Crippen molar-refractivity contribution in [2.45, 2.75) is 19.0 Å². The Balaban J connectivity index is 2.07. The van der Waals surface area contributed by atoms with Gasteiger partial charge < -0.3 is 15.0 Å². The molecule has 17 heavy (non-hydrogen) atoms. The summed E-state index contributed by atoms with van der Waals surface area (Å²) in [6, 6.07) is 7.84. The Hall–Kier alpha value is -1.88. The number of nitrogens with zero attached hydrogens (tertiary/aromatic N) is 3. The van der Waals surface area contributed by atoms with E-state index in [0.29, 0.717) is 0 Å². The van der Waals surface area contributed by atoms with Gasteiger partial charge in [-0.15, -0.1) is 10.2 Å². The van der Waals surface area contributed by atoms with Gasteiger partial charge in [0.15, 0.2) is 5.82 Å². The van der Waals surface area contributed by atoms with E-state index in [9.17, 15) is 0 Å². The Morgan fingerprint density at radius 2 is 2.29 bits per heavy atom. The second-order valence-corrected chi connectivity index (χ2v) is 4.16. The van der Waals surface area contributed by atoms with Crippen molar-refractivity contribution in [2.24, 2.45) is 5.73 Å². The first-order chi connectivity index (χ1) is 8.29. The average Bonchev–Trinajstić information content (AvgIpc) is 2.93. The molecular formula is C12H14N4O. The summed E-state index contributed by atoms with van der Waals surface area (Å²) in [6.45, 7) is 0.885. The molecule has 1 aromatic carbocycles. The first-order valence-electron chi connectivity index (χ1n) is 5.62. The summed E-state index contributed by atoms with van der Waals surface area (Å²) < 4.78 is 7.29. The van der Waals surface area contributed by atoms with Crippen molar-refractivity contribution >= 4 is 0 Å². The second-order valence-electron chi connectivity index (χ2n) is 4.16. The largest absolute Gasteiger partial charge is 0.497 e. The van der Waals surface area contributed by atoms with Crippen LogP contribution in [-0.2, 0) is 6.54 Å². The van der Waals surface area contributed by atoms with Crippen LogP contribution in [0.25, 0.3) is 11.4 Å². The maximum Gasteiger partial charge on any atom is 0.164 e. The van der Waals surface area contributed by atoms with Gasteiger partial charge in [0.25, 0.3) is 0 Å². The van der Waals surface area contributed by atoms with Crippen LogP contribution in [-0.4, -0.2) is 21.9 Å². The monoisotopic (exact) mass is 230 g/mol. The van der Waals surface area contributed by atoms with Gasteiger partial charge in [-0.3, -0.25) is 0 Å². The van der Waals surface area contributed by atoms with E-state index in [4.69, 9.17) is 10.5 Å².